The number of aromatic nitrogens is 2. The van der Waals surface area contributed by atoms with E-state index in [2.05, 4.69) is 10.2 Å². The largest absolute Gasteiger partial charge is 0.389 e. The average Bonchev–Trinajstić information content (AvgIpc) is 2.19. The fraction of sp³-hybridized carbons (Fsp3) is 0.429. The standard InChI is InChI=1S/C7H9Cl2N3O2/c8-2-4(13)6(14)3-1-5(9)11-12-7(3)10/h1,4,6,13-14H,2H2,(H2,10,12). The molecule has 0 aromatic carbocycles. The van der Waals surface area contributed by atoms with Crippen molar-refractivity contribution in [2.24, 2.45) is 0 Å². The molecule has 2 atom stereocenters. The summed E-state index contributed by atoms with van der Waals surface area (Å²) in [4.78, 5) is 0. The normalized spacial score (nSPS) is 15.1. The van der Waals surface area contributed by atoms with Gasteiger partial charge in [0.15, 0.2) is 11.0 Å². The molecule has 0 bridgehead atoms. The summed E-state index contributed by atoms with van der Waals surface area (Å²) in [5.74, 6) is -0.0911. The molecule has 0 saturated carbocycles. The Morgan fingerprint density at radius 1 is 1.43 bits per heavy atom. The number of aliphatic hydroxyl groups excluding tert-OH is 2. The minimum Gasteiger partial charge on any atom is -0.389 e. The van der Waals surface area contributed by atoms with Crippen LogP contribution in [-0.4, -0.2) is 32.4 Å². The SMILES string of the molecule is Nc1nnc(Cl)cc1C(O)C(O)CCl. The van der Waals surface area contributed by atoms with Crippen molar-refractivity contribution >= 4 is 29.0 Å². The Morgan fingerprint density at radius 2 is 2.07 bits per heavy atom. The first kappa shape index (κ1) is 11.5. The van der Waals surface area contributed by atoms with Crippen LogP contribution in [0.4, 0.5) is 5.82 Å². The molecule has 0 spiro atoms. The number of rotatable bonds is 3. The Hall–Kier alpha value is -0.620. The Bertz CT molecular complexity index is 324. The molecule has 1 heterocycles. The molecule has 0 fully saturated rings. The number of halogens is 2. The van der Waals surface area contributed by atoms with E-state index in [1.165, 1.54) is 6.07 Å². The van der Waals surface area contributed by atoms with Gasteiger partial charge in [-0.1, -0.05) is 11.6 Å². The third-order valence-corrected chi connectivity index (χ3v) is 2.17. The van der Waals surface area contributed by atoms with Crippen LogP contribution in [-0.2, 0) is 0 Å². The van der Waals surface area contributed by atoms with Gasteiger partial charge in [0.25, 0.3) is 0 Å². The molecular weight excluding hydrogens is 229 g/mol. The first-order valence-corrected chi connectivity index (χ1v) is 4.68. The topological polar surface area (TPSA) is 92.3 Å². The van der Waals surface area contributed by atoms with E-state index in [0.717, 1.165) is 0 Å². The lowest BCUT2D eigenvalue weighted by Gasteiger charge is -2.16. The van der Waals surface area contributed by atoms with Gasteiger partial charge in [-0.05, 0) is 6.07 Å². The molecule has 1 aromatic heterocycles. The Balaban J connectivity index is 2.99. The van der Waals surface area contributed by atoms with Crippen molar-refractivity contribution in [3.05, 3.63) is 16.8 Å². The van der Waals surface area contributed by atoms with Gasteiger partial charge in [0, 0.05) is 5.56 Å². The summed E-state index contributed by atoms with van der Waals surface area (Å²) in [5, 5.41) is 25.9. The highest BCUT2D eigenvalue weighted by molar-refractivity contribution is 6.29. The van der Waals surface area contributed by atoms with E-state index >= 15 is 0 Å². The third-order valence-electron chi connectivity index (χ3n) is 1.66. The summed E-state index contributed by atoms with van der Waals surface area (Å²) in [5.41, 5.74) is 5.66. The molecule has 7 heteroatoms. The van der Waals surface area contributed by atoms with Gasteiger partial charge in [-0.3, -0.25) is 0 Å². The molecule has 4 N–H and O–H groups in total. The van der Waals surface area contributed by atoms with Crippen LogP contribution < -0.4 is 5.73 Å². The van der Waals surface area contributed by atoms with E-state index in [-0.39, 0.29) is 22.4 Å². The van der Waals surface area contributed by atoms with Crippen molar-refractivity contribution in [1.29, 1.82) is 0 Å². The van der Waals surface area contributed by atoms with Crippen LogP contribution in [0, 0.1) is 0 Å². The predicted octanol–water partition coefficient (Wildman–Crippen LogP) is 0.345. The smallest absolute Gasteiger partial charge is 0.152 e. The lowest BCUT2D eigenvalue weighted by molar-refractivity contribution is 0.0329. The summed E-state index contributed by atoms with van der Waals surface area (Å²) < 4.78 is 0. The second-order valence-corrected chi connectivity index (χ2v) is 3.37. The molecule has 2 unspecified atom stereocenters. The number of hydrogen-bond acceptors (Lipinski definition) is 5. The molecule has 5 nitrogen and oxygen atoms in total. The monoisotopic (exact) mass is 237 g/mol. The lowest BCUT2D eigenvalue weighted by Crippen LogP contribution is -2.21. The second kappa shape index (κ2) is 4.75. The maximum atomic E-state index is 9.55. The molecule has 0 aliphatic rings. The number of alkyl halides is 1. The Kier molecular flexibility index (Phi) is 3.88. The van der Waals surface area contributed by atoms with Gasteiger partial charge in [-0.25, -0.2) is 0 Å². The summed E-state index contributed by atoms with van der Waals surface area (Å²) in [6.07, 6.45) is -2.32. The molecule has 78 valence electrons. The van der Waals surface area contributed by atoms with Gasteiger partial charge in [0.05, 0.1) is 12.0 Å². The highest BCUT2D eigenvalue weighted by Crippen LogP contribution is 2.23. The van der Waals surface area contributed by atoms with Crippen molar-refractivity contribution in [3.8, 4) is 0 Å². The van der Waals surface area contributed by atoms with Crippen molar-refractivity contribution in [3.63, 3.8) is 0 Å². The molecule has 0 radical (unpaired) electrons. The first-order valence-electron chi connectivity index (χ1n) is 3.77. The van der Waals surface area contributed by atoms with Crippen molar-refractivity contribution in [2.45, 2.75) is 12.2 Å². The summed E-state index contributed by atoms with van der Waals surface area (Å²) in [7, 11) is 0. The number of hydrogen-bond donors (Lipinski definition) is 3. The Labute approximate surface area is 90.5 Å². The zero-order chi connectivity index (χ0) is 10.7. The number of anilines is 1. The molecular formula is C7H9Cl2N3O2. The number of aliphatic hydroxyl groups is 2. The third kappa shape index (κ3) is 2.45. The van der Waals surface area contributed by atoms with Crippen molar-refractivity contribution < 1.29 is 10.2 Å². The van der Waals surface area contributed by atoms with Crippen LogP contribution in [0.3, 0.4) is 0 Å². The lowest BCUT2D eigenvalue weighted by atomic mass is 10.1. The average molecular weight is 238 g/mol. The van der Waals surface area contributed by atoms with Crippen LogP contribution in [0.15, 0.2) is 6.07 Å². The molecule has 0 aliphatic heterocycles. The summed E-state index contributed by atoms with van der Waals surface area (Å²) in [6, 6.07) is 1.34. The second-order valence-electron chi connectivity index (χ2n) is 2.67. The Morgan fingerprint density at radius 3 is 2.64 bits per heavy atom. The van der Waals surface area contributed by atoms with Crippen molar-refractivity contribution in [2.75, 3.05) is 11.6 Å². The van der Waals surface area contributed by atoms with Gasteiger partial charge >= 0.3 is 0 Å². The van der Waals surface area contributed by atoms with E-state index in [1.54, 1.807) is 0 Å². The van der Waals surface area contributed by atoms with Crippen LogP contribution in [0.5, 0.6) is 0 Å². The van der Waals surface area contributed by atoms with E-state index in [1.807, 2.05) is 0 Å². The minimum atomic E-state index is -1.21. The molecule has 1 rings (SSSR count). The fourth-order valence-electron chi connectivity index (χ4n) is 0.919. The van der Waals surface area contributed by atoms with Gasteiger partial charge in [-0.2, -0.15) is 0 Å². The highest BCUT2D eigenvalue weighted by atomic mass is 35.5. The van der Waals surface area contributed by atoms with Gasteiger partial charge in [0.2, 0.25) is 0 Å². The molecule has 0 saturated heterocycles. The molecule has 1 aromatic rings. The van der Waals surface area contributed by atoms with Gasteiger partial charge in [-0.15, -0.1) is 21.8 Å². The van der Waals surface area contributed by atoms with Crippen LogP contribution in [0.1, 0.15) is 11.7 Å². The van der Waals surface area contributed by atoms with Crippen LogP contribution in [0.2, 0.25) is 5.15 Å². The van der Waals surface area contributed by atoms with E-state index in [4.69, 9.17) is 28.9 Å². The predicted molar refractivity (Wildman–Crippen MR) is 53.1 cm³/mol. The maximum Gasteiger partial charge on any atom is 0.152 e. The zero-order valence-electron chi connectivity index (χ0n) is 7.06. The first-order chi connectivity index (χ1) is 6.56. The summed E-state index contributed by atoms with van der Waals surface area (Å²) >= 11 is 10.9. The van der Waals surface area contributed by atoms with Gasteiger partial charge < -0.3 is 15.9 Å². The highest BCUT2D eigenvalue weighted by Gasteiger charge is 2.21. The number of nitrogens with zero attached hydrogens (tertiary/aromatic N) is 2. The molecule has 0 aliphatic carbocycles. The maximum absolute atomic E-state index is 9.55. The van der Waals surface area contributed by atoms with Crippen LogP contribution in [0.25, 0.3) is 0 Å². The number of nitrogens with two attached hydrogens (primary N) is 1. The fourth-order valence-corrected chi connectivity index (χ4v) is 1.24. The quantitative estimate of drug-likeness (QED) is 0.660. The van der Waals surface area contributed by atoms with Crippen LogP contribution >= 0.6 is 23.2 Å². The van der Waals surface area contributed by atoms with E-state index < -0.39 is 12.2 Å². The molecule has 0 amide bonds. The van der Waals surface area contributed by atoms with Crippen molar-refractivity contribution in [1.82, 2.24) is 10.2 Å². The summed E-state index contributed by atoms with van der Waals surface area (Å²) in [6.45, 7) is 0. The van der Waals surface area contributed by atoms with E-state index in [9.17, 15) is 10.2 Å². The van der Waals surface area contributed by atoms with Gasteiger partial charge in [0.1, 0.15) is 6.10 Å². The number of nitrogen functional groups attached to an aromatic ring is 1. The zero-order valence-corrected chi connectivity index (χ0v) is 8.57. The van der Waals surface area contributed by atoms with E-state index in [0.29, 0.717) is 0 Å². The molecule has 14 heavy (non-hydrogen) atoms. The minimum absolute atomic E-state index is 0.0195.